The summed E-state index contributed by atoms with van der Waals surface area (Å²) in [7, 11) is 0. The van der Waals surface area contributed by atoms with Gasteiger partial charge in [0.1, 0.15) is 12.1 Å². The summed E-state index contributed by atoms with van der Waals surface area (Å²) in [4.78, 5) is 55.5. The molecule has 0 aliphatic rings. The largest absolute Gasteiger partial charge is 0.480 e. The van der Waals surface area contributed by atoms with Gasteiger partial charge in [-0.15, -0.1) is 0 Å². The number of carboxylic acid groups (broad SMARTS) is 1. The number of benzene rings is 2. The van der Waals surface area contributed by atoms with Gasteiger partial charge in [0.2, 0.25) is 17.7 Å². The molecule has 3 amide bonds. The highest BCUT2D eigenvalue weighted by Crippen LogP contribution is 2.20. The van der Waals surface area contributed by atoms with Crippen LogP contribution in [0.3, 0.4) is 0 Å². The summed E-state index contributed by atoms with van der Waals surface area (Å²) in [5, 5.41) is 16.3. The Morgan fingerprint density at radius 1 is 0.784 bits per heavy atom. The van der Waals surface area contributed by atoms with Gasteiger partial charge in [0.25, 0.3) is 0 Å². The van der Waals surface area contributed by atoms with E-state index in [1.54, 1.807) is 12.4 Å². The first-order chi connectivity index (χ1) is 17.7. The third-order valence-corrected chi connectivity index (χ3v) is 6.20. The third-order valence-electron chi connectivity index (χ3n) is 6.20. The smallest absolute Gasteiger partial charge is 0.326 e. The summed E-state index contributed by atoms with van der Waals surface area (Å²) in [6, 6.07) is 11.2. The molecule has 0 saturated heterocycles. The summed E-state index contributed by atoms with van der Waals surface area (Å²) in [5.74, 6) is -3.62. The van der Waals surface area contributed by atoms with Crippen LogP contribution in [0, 0.1) is 0 Å². The molecule has 0 unspecified atom stereocenters. The number of para-hydroxylation sites is 2. The molecule has 4 aromatic rings. The van der Waals surface area contributed by atoms with E-state index in [9.17, 15) is 24.3 Å². The molecule has 4 rings (SSSR count). The minimum Gasteiger partial charge on any atom is -0.480 e. The predicted octanol–water partition coefficient (Wildman–Crippen LogP) is 0.691. The van der Waals surface area contributed by atoms with Crippen molar-refractivity contribution < 1.29 is 24.3 Å². The molecular weight excluding hydrogens is 476 g/mol. The molecule has 2 aromatic carbocycles. The van der Waals surface area contributed by atoms with Gasteiger partial charge in [0.15, 0.2) is 0 Å². The maximum atomic E-state index is 13.0. The minimum absolute atomic E-state index is 0.0115. The molecule has 2 heterocycles. The van der Waals surface area contributed by atoms with Crippen molar-refractivity contribution in [1.29, 1.82) is 0 Å². The van der Waals surface area contributed by atoms with Gasteiger partial charge in [0, 0.05) is 40.6 Å². The van der Waals surface area contributed by atoms with Gasteiger partial charge < -0.3 is 37.2 Å². The fourth-order valence-electron chi connectivity index (χ4n) is 4.31. The van der Waals surface area contributed by atoms with Gasteiger partial charge in [-0.05, 0) is 29.7 Å². The number of carbonyl (C=O) groups excluding carboxylic acids is 3. The minimum atomic E-state index is -1.39. The predicted molar refractivity (Wildman–Crippen MR) is 137 cm³/mol. The molecule has 0 spiro atoms. The van der Waals surface area contributed by atoms with Crippen molar-refractivity contribution >= 4 is 45.5 Å². The van der Waals surface area contributed by atoms with Crippen LogP contribution in [0.4, 0.5) is 0 Å². The fraction of sp³-hybridized carbons (Fsp3) is 0.231. The number of aromatic amines is 2. The second-order valence-electron chi connectivity index (χ2n) is 8.86. The van der Waals surface area contributed by atoms with Crippen molar-refractivity contribution in [2.75, 3.05) is 0 Å². The van der Waals surface area contributed by atoms with Crippen LogP contribution < -0.4 is 22.1 Å². The SMILES string of the molecule is NC(=O)C[C@H](NC(=O)[C@@H](N)Cc1c[nH]c2ccccc12)C(=O)N[C@@H](Cc1c[nH]c2ccccc12)C(=O)O. The summed E-state index contributed by atoms with van der Waals surface area (Å²) >= 11 is 0. The summed E-state index contributed by atoms with van der Waals surface area (Å²) < 4.78 is 0. The van der Waals surface area contributed by atoms with Crippen LogP contribution in [-0.4, -0.2) is 56.9 Å². The van der Waals surface area contributed by atoms with E-state index in [1.807, 2.05) is 48.5 Å². The van der Waals surface area contributed by atoms with Crippen LogP contribution in [0.15, 0.2) is 60.9 Å². The molecule has 11 nitrogen and oxygen atoms in total. The van der Waals surface area contributed by atoms with Gasteiger partial charge in [0.05, 0.1) is 12.5 Å². The van der Waals surface area contributed by atoms with Crippen LogP contribution in [0.25, 0.3) is 21.8 Å². The third kappa shape index (κ3) is 5.96. The Hall–Kier alpha value is -4.64. The van der Waals surface area contributed by atoms with Crippen molar-refractivity contribution in [2.45, 2.75) is 37.4 Å². The lowest BCUT2D eigenvalue weighted by Gasteiger charge is -2.22. The molecule has 0 fully saturated rings. The Morgan fingerprint density at radius 2 is 1.30 bits per heavy atom. The monoisotopic (exact) mass is 504 g/mol. The number of H-pyrrole nitrogens is 2. The van der Waals surface area contributed by atoms with Crippen LogP contribution in [0.5, 0.6) is 0 Å². The number of carboxylic acids is 1. The maximum absolute atomic E-state index is 13.0. The fourth-order valence-corrected chi connectivity index (χ4v) is 4.31. The summed E-state index contributed by atoms with van der Waals surface area (Å²) in [6.07, 6.45) is 3.09. The van der Waals surface area contributed by atoms with E-state index in [1.165, 1.54) is 0 Å². The summed E-state index contributed by atoms with van der Waals surface area (Å²) in [6.45, 7) is 0. The second kappa shape index (κ2) is 11.0. The number of fused-ring (bicyclic) bond motifs is 2. The lowest BCUT2D eigenvalue weighted by Crippen LogP contribution is -2.56. The van der Waals surface area contributed by atoms with Crippen molar-refractivity contribution in [3.63, 3.8) is 0 Å². The molecule has 0 saturated carbocycles. The topological polar surface area (TPSA) is 196 Å². The molecule has 2 aromatic heterocycles. The Balaban J connectivity index is 1.44. The number of nitrogens with one attached hydrogen (secondary N) is 4. The van der Waals surface area contributed by atoms with Crippen molar-refractivity contribution in [3.8, 4) is 0 Å². The number of aromatic nitrogens is 2. The van der Waals surface area contributed by atoms with Gasteiger partial charge in [-0.3, -0.25) is 14.4 Å². The highest BCUT2D eigenvalue weighted by atomic mass is 16.4. The number of hydrogen-bond donors (Lipinski definition) is 7. The van der Waals surface area contributed by atoms with Crippen molar-refractivity contribution in [3.05, 3.63) is 72.1 Å². The number of aliphatic carboxylic acids is 1. The average molecular weight is 505 g/mol. The van der Waals surface area contributed by atoms with Crippen LogP contribution in [0.1, 0.15) is 17.5 Å². The van der Waals surface area contributed by atoms with Crippen molar-refractivity contribution in [1.82, 2.24) is 20.6 Å². The number of primary amides is 1. The Labute approximate surface area is 211 Å². The van der Waals surface area contributed by atoms with Gasteiger partial charge >= 0.3 is 5.97 Å². The highest BCUT2D eigenvalue weighted by Gasteiger charge is 2.30. The summed E-state index contributed by atoms with van der Waals surface area (Å²) in [5.41, 5.74) is 14.6. The molecule has 0 aliphatic heterocycles. The lowest BCUT2D eigenvalue weighted by molar-refractivity contribution is -0.142. The molecule has 3 atom stereocenters. The first-order valence-corrected chi connectivity index (χ1v) is 11.7. The Bertz CT molecular complexity index is 1460. The molecule has 37 heavy (non-hydrogen) atoms. The van der Waals surface area contributed by atoms with Gasteiger partial charge in [-0.1, -0.05) is 36.4 Å². The van der Waals surface area contributed by atoms with Gasteiger partial charge in [-0.25, -0.2) is 4.79 Å². The zero-order chi connectivity index (χ0) is 26.5. The number of nitrogens with two attached hydrogens (primary N) is 2. The second-order valence-corrected chi connectivity index (χ2v) is 8.86. The van der Waals surface area contributed by atoms with E-state index in [0.717, 1.165) is 27.4 Å². The van der Waals surface area contributed by atoms with Crippen LogP contribution >= 0.6 is 0 Å². The quantitative estimate of drug-likeness (QED) is 0.157. The number of amides is 3. The number of carbonyl (C=O) groups is 4. The van der Waals surface area contributed by atoms with E-state index >= 15 is 0 Å². The first-order valence-electron chi connectivity index (χ1n) is 11.7. The normalized spacial score (nSPS) is 13.6. The molecule has 0 aliphatic carbocycles. The maximum Gasteiger partial charge on any atom is 0.326 e. The molecule has 11 heteroatoms. The number of rotatable bonds is 11. The Morgan fingerprint density at radius 3 is 1.84 bits per heavy atom. The molecule has 0 radical (unpaired) electrons. The molecule has 9 N–H and O–H groups in total. The van der Waals surface area contributed by atoms with E-state index in [0.29, 0.717) is 5.56 Å². The van der Waals surface area contributed by atoms with Crippen molar-refractivity contribution in [2.24, 2.45) is 11.5 Å². The van der Waals surface area contributed by atoms with Gasteiger partial charge in [-0.2, -0.15) is 0 Å². The Kier molecular flexibility index (Phi) is 7.54. The lowest BCUT2D eigenvalue weighted by atomic mass is 10.0. The first kappa shape index (κ1) is 25.5. The standard InChI is InChI=1S/C26H28N6O5/c27-18(9-14-12-29-19-7-3-1-5-16(14)19)24(34)31-21(11-23(28)33)25(35)32-22(26(36)37)10-15-13-30-20-8-4-2-6-17(15)20/h1-8,12-13,18,21-22,29-30H,9-11,27H2,(H2,28,33)(H,31,34)(H,32,35)(H,36,37)/t18-,21-,22-/m0/s1. The van der Waals surface area contributed by atoms with E-state index < -0.39 is 48.2 Å². The number of hydrogen-bond acceptors (Lipinski definition) is 5. The zero-order valence-corrected chi connectivity index (χ0v) is 19.9. The van der Waals surface area contributed by atoms with Crippen LogP contribution in [0.2, 0.25) is 0 Å². The van der Waals surface area contributed by atoms with E-state index in [4.69, 9.17) is 11.5 Å². The zero-order valence-electron chi connectivity index (χ0n) is 19.9. The molecule has 192 valence electrons. The van der Waals surface area contributed by atoms with E-state index in [2.05, 4.69) is 20.6 Å². The molecule has 0 bridgehead atoms. The van der Waals surface area contributed by atoms with E-state index in [-0.39, 0.29) is 12.8 Å². The molecular formula is C26H28N6O5. The average Bonchev–Trinajstić information content (AvgIpc) is 3.47. The highest BCUT2D eigenvalue weighted by molar-refractivity contribution is 5.95. The van der Waals surface area contributed by atoms with Crippen LogP contribution in [-0.2, 0) is 32.0 Å².